The van der Waals surface area contributed by atoms with Gasteiger partial charge in [-0.15, -0.1) is 0 Å². The minimum Gasteiger partial charge on any atom is -0.480 e. The Morgan fingerprint density at radius 1 is 1.42 bits per heavy atom. The predicted octanol–water partition coefficient (Wildman–Crippen LogP) is 1.59. The van der Waals surface area contributed by atoms with Gasteiger partial charge in [-0.25, -0.2) is 4.79 Å². The number of amides is 1. The van der Waals surface area contributed by atoms with Crippen LogP contribution in [0.15, 0.2) is 24.3 Å². The number of carbonyl (C=O) groups is 2. The van der Waals surface area contributed by atoms with Gasteiger partial charge >= 0.3 is 5.97 Å². The molecule has 5 nitrogen and oxygen atoms in total. The molecule has 102 valence electrons. The fraction of sp³-hybridized carbons (Fsp3) is 0.429. The lowest BCUT2D eigenvalue weighted by molar-refractivity contribution is -0.145. The zero-order valence-corrected chi connectivity index (χ0v) is 10.9. The van der Waals surface area contributed by atoms with Gasteiger partial charge < -0.3 is 15.7 Å². The molecule has 3 N–H and O–H groups in total. The van der Waals surface area contributed by atoms with Gasteiger partial charge in [0.15, 0.2) is 0 Å². The molecule has 0 spiro atoms. The predicted molar refractivity (Wildman–Crippen MR) is 71.7 cm³/mol. The molecule has 0 bridgehead atoms. The van der Waals surface area contributed by atoms with Crippen LogP contribution in [0, 0.1) is 5.92 Å². The molecule has 1 amide bonds. The number of carbonyl (C=O) groups excluding carboxylic acids is 1. The summed E-state index contributed by atoms with van der Waals surface area (Å²) in [7, 11) is 0. The van der Waals surface area contributed by atoms with E-state index in [2.05, 4.69) is 0 Å². The largest absolute Gasteiger partial charge is 0.480 e. The number of nitrogens with two attached hydrogens (primary N) is 1. The van der Waals surface area contributed by atoms with Crippen LogP contribution in [0.5, 0.6) is 0 Å². The lowest BCUT2D eigenvalue weighted by atomic mass is 9.90. The normalized spacial score (nSPS) is 23.1. The molecule has 1 saturated heterocycles. The van der Waals surface area contributed by atoms with E-state index < -0.39 is 12.0 Å². The number of carboxylic acid groups (broad SMARTS) is 1. The summed E-state index contributed by atoms with van der Waals surface area (Å²) in [5.41, 5.74) is 6.61. The smallest absolute Gasteiger partial charge is 0.326 e. The van der Waals surface area contributed by atoms with Crippen LogP contribution in [-0.4, -0.2) is 34.5 Å². The number of carboxylic acids is 1. The Balaban J connectivity index is 2.28. The van der Waals surface area contributed by atoms with Crippen molar-refractivity contribution in [3.63, 3.8) is 0 Å². The van der Waals surface area contributed by atoms with Crippen molar-refractivity contribution in [1.82, 2.24) is 4.90 Å². The Kier molecular flexibility index (Phi) is 3.74. The van der Waals surface area contributed by atoms with Gasteiger partial charge in [0.2, 0.25) is 0 Å². The maximum absolute atomic E-state index is 12.4. The number of piperidine rings is 1. The van der Waals surface area contributed by atoms with Gasteiger partial charge in [0.05, 0.1) is 0 Å². The van der Waals surface area contributed by atoms with E-state index in [4.69, 9.17) is 5.73 Å². The Bertz CT molecular complexity index is 501. The summed E-state index contributed by atoms with van der Waals surface area (Å²) >= 11 is 0. The number of anilines is 1. The molecule has 1 aromatic rings. The van der Waals surface area contributed by atoms with Crippen LogP contribution < -0.4 is 5.73 Å². The van der Waals surface area contributed by atoms with E-state index in [0.717, 1.165) is 12.8 Å². The Morgan fingerprint density at radius 2 is 2.16 bits per heavy atom. The monoisotopic (exact) mass is 262 g/mol. The quantitative estimate of drug-likeness (QED) is 0.793. The molecule has 1 fully saturated rings. The number of rotatable bonds is 2. The summed E-state index contributed by atoms with van der Waals surface area (Å²) in [5.74, 6) is -1.23. The Morgan fingerprint density at radius 3 is 2.79 bits per heavy atom. The van der Waals surface area contributed by atoms with E-state index in [1.165, 1.54) is 4.90 Å². The fourth-order valence-corrected chi connectivity index (χ4v) is 2.63. The molecule has 5 heteroatoms. The van der Waals surface area contributed by atoms with E-state index in [1.807, 2.05) is 6.92 Å². The molecule has 1 aliphatic rings. The van der Waals surface area contributed by atoms with Gasteiger partial charge in [-0.2, -0.15) is 0 Å². The fourth-order valence-electron chi connectivity index (χ4n) is 2.63. The maximum Gasteiger partial charge on any atom is 0.326 e. The third kappa shape index (κ3) is 2.70. The van der Waals surface area contributed by atoms with Crippen molar-refractivity contribution in [1.29, 1.82) is 0 Å². The second kappa shape index (κ2) is 5.30. The van der Waals surface area contributed by atoms with E-state index in [9.17, 15) is 14.7 Å². The standard InChI is InChI=1S/C14H18N2O3/c1-9-4-3-7-16(12(9)14(18)19)13(17)10-5-2-6-11(15)8-10/h2,5-6,8-9,12H,3-4,7,15H2,1H3,(H,18,19). The third-order valence-electron chi connectivity index (χ3n) is 3.58. The topological polar surface area (TPSA) is 83.6 Å². The van der Waals surface area contributed by atoms with Gasteiger partial charge in [-0.3, -0.25) is 4.79 Å². The molecule has 2 rings (SSSR count). The van der Waals surface area contributed by atoms with Gasteiger partial charge in [0, 0.05) is 17.8 Å². The minimum atomic E-state index is -0.940. The number of likely N-dealkylation sites (tertiary alicyclic amines) is 1. The number of benzene rings is 1. The zero-order valence-electron chi connectivity index (χ0n) is 10.9. The van der Waals surface area contributed by atoms with Crippen molar-refractivity contribution in [2.45, 2.75) is 25.8 Å². The molecule has 0 radical (unpaired) electrons. The van der Waals surface area contributed by atoms with Crippen molar-refractivity contribution in [3.8, 4) is 0 Å². The van der Waals surface area contributed by atoms with Crippen LogP contribution in [0.1, 0.15) is 30.1 Å². The minimum absolute atomic E-state index is 0.0312. The molecule has 1 heterocycles. The molecule has 2 atom stereocenters. The summed E-state index contributed by atoms with van der Waals surface area (Å²) in [5, 5.41) is 9.31. The number of aliphatic carboxylic acids is 1. The average Bonchev–Trinajstić information content (AvgIpc) is 2.37. The van der Waals surface area contributed by atoms with Crippen LogP contribution in [0.25, 0.3) is 0 Å². The highest BCUT2D eigenvalue weighted by atomic mass is 16.4. The average molecular weight is 262 g/mol. The lowest BCUT2D eigenvalue weighted by Crippen LogP contribution is -2.51. The van der Waals surface area contributed by atoms with E-state index in [1.54, 1.807) is 24.3 Å². The number of nitrogens with zero attached hydrogens (tertiary/aromatic N) is 1. The number of hydrogen-bond donors (Lipinski definition) is 2. The highest BCUT2D eigenvalue weighted by Gasteiger charge is 2.37. The zero-order chi connectivity index (χ0) is 14.0. The second-order valence-electron chi connectivity index (χ2n) is 5.03. The first-order valence-electron chi connectivity index (χ1n) is 6.40. The lowest BCUT2D eigenvalue weighted by Gasteiger charge is -2.37. The summed E-state index contributed by atoms with van der Waals surface area (Å²) < 4.78 is 0. The van der Waals surface area contributed by atoms with Gasteiger partial charge in [-0.05, 0) is 37.0 Å². The molecular weight excluding hydrogens is 244 g/mol. The van der Waals surface area contributed by atoms with Crippen LogP contribution in [0.3, 0.4) is 0 Å². The Hall–Kier alpha value is -2.04. The van der Waals surface area contributed by atoms with Crippen LogP contribution >= 0.6 is 0 Å². The second-order valence-corrected chi connectivity index (χ2v) is 5.03. The van der Waals surface area contributed by atoms with Crippen LogP contribution in [-0.2, 0) is 4.79 Å². The van der Waals surface area contributed by atoms with Crippen molar-refractivity contribution in [2.24, 2.45) is 5.92 Å². The van der Waals surface area contributed by atoms with Crippen LogP contribution in [0.4, 0.5) is 5.69 Å². The summed E-state index contributed by atoms with van der Waals surface area (Å²) in [4.78, 5) is 25.2. The first-order valence-corrected chi connectivity index (χ1v) is 6.40. The summed E-state index contributed by atoms with van der Waals surface area (Å²) in [6, 6.07) is 5.90. The molecule has 1 aromatic carbocycles. The third-order valence-corrected chi connectivity index (χ3v) is 3.58. The van der Waals surface area contributed by atoms with Gasteiger partial charge in [0.1, 0.15) is 6.04 Å². The van der Waals surface area contributed by atoms with Gasteiger partial charge in [0.25, 0.3) is 5.91 Å². The number of hydrogen-bond acceptors (Lipinski definition) is 3. The van der Waals surface area contributed by atoms with Crippen molar-refractivity contribution < 1.29 is 14.7 Å². The van der Waals surface area contributed by atoms with Crippen molar-refractivity contribution in [2.75, 3.05) is 12.3 Å². The highest BCUT2D eigenvalue weighted by molar-refractivity contribution is 5.97. The maximum atomic E-state index is 12.4. The molecule has 0 aliphatic carbocycles. The molecule has 2 unspecified atom stereocenters. The van der Waals surface area contributed by atoms with Gasteiger partial charge in [-0.1, -0.05) is 13.0 Å². The van der Waals surface area contributed by atoms with Crippen molar-refractivity contribution in [3.05, 3.63) is 29.8 Å². The van der Waals surface area contributed by atoms with E-state index >= 15 is 0 Å². The first kappa shape index (κ1) is 13.4. The molecule has 1 aliphatic heterocycles. The number of nitrogen functional groups attached to an aromatic ring is 1. The molecular formula is C14H18N2O3. The Labute approximate surface area is 112 Å². The molecule has 0 aromatic heterocycles. The first-order chi connectivity index (χ1) is 9.00. The highest BCUT2D eigenvalue weighted by Crippen LogP contribution is 2.25. The van der Waals surface area contributed by atoms with E-state index in [-0.39, 0.29) is 11.8 Å². The molecule has 19 heavy (non-hydrogen) atoms. The van der Waals surface area contributed by atoms with Crippen molar-refractivity contribution >= 4 is 17.6 Å². The summed E-state index contributed by atoms with van der Waals surface area (Å²) in [6.45, 7) is 2.35. The van der Waals surface area contributed by atoms with Crippen LogP contribution in [0.2, 0.25) is 0 Å². The van der Waals surface area contributed by atoms with E-state index in [0.29, 0.717) is 17.8 Å². The molecule has 0 saturated carbocycles. The SMILES string of the molecule is CC1CCCN(C(=O)c2cccc(N)c2)C1C(=O)O. The summed E-state index contributed by atoms with van der Waals surface area (Å²) in [6.07, 6.45) is 1.66.